The van der Waals surface area contributed by atoms with Gasteiger partial charge in [0.25, 0.3) is 10.0 Å². The molecule has 2 aromatic carbocycles. The number of sulfonamides is 1. The summed E-state index contributed by atoms with van der Waals surface area (Å²) >= 11 is 0. The zero-order chi connectivity index (χ0) is 20.1. The highest BCUT2D eigenvalue weighted by Gasteiger charge is 2.14. The molecule has 8 heteroatoms. The summed E-state index contributed by atoms with van der Waals surface area (Å²) in [6.45, 7) is 4.66. The molecular formula is C20H20FN3O3S. The molecule has 1 aromatic heterocycles. The lowest BCUT2D eigenvalue weighted by Gasteiger charge is -2.09. The number of rotatable bonds is 7. The number of nitrogens with zero attached hydrogens (tertiary/aromatic N) is 2. The molecule has 0 aliphatic heterocycles. The maximum Gasteiger partial charge on any atom is 0.261 e. The Kier molecular flexibility index (Phi) is 5.89. The van der Waals surface area contributed by atoms with Gasteiger partial charge in [-0.1, -0.05) is 26.0 Å². The fourth-order valence-electron chi connectivity index (χ4n) is 2.34. The average Bonchev–Trinajstić information content (AvgIpc) is 2.67. The molecule has 0 aliphatic carbocycles. The first kappa shape index (κ1) is 19.8. The van der Waals surface area contributed by atoms with Crippen molar-refractivity contribution >= 4 is 15.7 Å². The van der Waals surface area contributed by atoms with Gasteiger partial charge < -0.3 is 4.74 Å². The Labute approximate surface area is 163 Å². The minimum atomic E-state index is -3.79. The molecule has 0 saturated carbocycles. The molecule has 0 radical (unpaired) electrons. The summed E-state index contributed by atoms with van der Waals surface area (Å²) in [5, 5.41) is 8.18. The van der Waals surface area contributed by atoms with Crippen LogP contribution in [0.4, 0.5) is 10.1 Å². The Balaban J connectivity index is 1.70. The Bertz CT molecular complexity index is 1020. The van der Waals surface area contributed by atoms with Gasteiger partial charge in [0.05, 0.1) is 17.2 Å². The second kappa shape index (κ2) is 8.35. The quantitative estimate of drug-likeness (QED) is 0.644. The first-order valence-corrected chi connectivity index (χ1v) is 10.2. The van der Waals surface area contributed by atoms with E-state index in [1.54, 1.807) is 36.4 Å². The maximum absolute atomic E-state index is 13.0. The summed E-state index contributed by atoms with van der Waals surface area (Å²) in [5.41, 5.74) is 1.82. The molecule has 28 heavy (non-hydrogen) atoms. The van der Waals surface area contributed by atoms with Crippen molar-refractivity contribution in [2.75, 3.05) is 11.3 Å². The van der Waals surface area contributed by atoms with Crippen molar-refractivity contribution in [3.05, 3.63) is 66.5 Å². The molecular weight excluding hydrogens is 381 g/mol. The van der Waals surface area contributed by atoms with Gasteiger partial charge in [-0.05, 0) is 48.4 Å². The van der Waals surface area contributed by atoms with Gasteiger partial charge in [0.2, 0.25) is 5.88 Å². The number of benzene rings is 2. The van der Waals surface area contributed by atoms with Crippen LogP contribution >= 0.6 is 0 Å². The van der Waals surface area contributed by atoms with E-state index in [2.05, 4.69) is 14.9 Å². The smallest absolute Gasteiger partial charge is 0.261 e. The van der Waals surface area contributed by atoms with Crippen LogP contribution in [0.25, 0.3) is 11.3 Å². The van der Waals surface area contributed by atoms with Gasteiger partial charge in [0.15, 0.2) is 0 Å². The Morgan fingerprint density at radius 1 is 0.964 bits per heavy atom. The van der Waals surface area contributed by atoms with Gasteiger partial charge in [-0.3, -0.25) is 4.72 Å². The number of ether oxygens (including phenoxy) is 1. The first-order chi connectivity index (χ1) is 13.3. The zero-order valence-corrected chi connectivity index (χ0v) is 16.3. The molecule has 3 rings (SSSR count). The van der Waals surface area contributed by atoms with E-state index in [1.807, 2.05) is 13.8 Å². The monoisotopic (exact) mass is 401 g/mol. The molecule has 0 spiro atoms. The van der Waals surface area contributed by atoms with E-state index >= 15 is 0 Å². The minimum Gasteiger partial charge on any atom is -0.476 e. The van der Waals surface area contributed by atoms with Gasteiger partial charge >= 0.3 is 0 Å². The normalized spacial score (nSPS) is 11.4. The lowest BCUT2D eigenvalue weighted by molar-refractivity contribution is 0.258. The minimum absolute atomic E-state index is 0.0131. The largest absolute Gasteiger partial charge is 0.476 e. The van der Waals surface area contributed by atoms with Crippen LogP contribution in [0.3, 0.4) is 0 Å². The fourth-order valence-corrected chi connectivity index (χ4v) is 3.40. The summed E-state index contributed by atoms with van der Waals surface area (Å²) in [6, 6.07) is 14.9. The molecule has 0 amide bonds. The third-order valence-electron chi connectivity index (χ3n) is 3.76. The topological polar surface area (TPSA) is 81.2 Å². The Morgan fingerprint density at radius 2 is 1.64 bits per heavy atom. The number of hydrogen-bond acceptors (Lipinski definition) is 5. The highest BCUT2D eigenvalue weighted by molar-refractivity contribution is 7.92. The Hall–Kier alpha value is -3.00. The number of aromatic nitrogens is 2. The standard InChI is InChI=1S/C20H20FN3O3S/c1-14(2)13-27-20-12-11-19(22-23-20)15-3-7-17(8-4-15)24-28(25,26)18-9-5-16(21)6-10-18/h3-12,14,24H,13H2,1-2H3. The van der Waals surface area contributed by atoms with Crippen LogP contribution in [0.1, 0.15) is 13.8 Å². The van der Waals surface area contributed by atoms with Crippen LogP contribution in [-0.4, -0.2) is 25.2 Å². The van der Waals surface area contributed by atoms with Crippen molar-refractivity contribution in [3.63, 3.8) is 0 Å². The molecule has 3 aromatic rings. The van der Waals surface area contributed by atoms with E-state index in [0.717, 1.165) is 17.7 Å². The molecule has 0 saturated heterocycles. The van der Waals surface area contributed by atoms with Crippen molar-refractivity contribution in [1.82, 2.24) is 10.2 Å². The summed E-state index contributed by atoms with van der Waals surface area (Å²) in [6.07, 6.45) is 0. The highest BCUT2D eigenvalue weighted by Crippen LogP contribution is 2.22. The van der Waals surface area contributed by atoms with Crippen molar-refractivity contribution in [2.24, 2.45) is 5.92 Å². The van der Waals surface area contributed by atoms with E-state index in [9.17, 15) is 12.8 Å². The molecule has 146 valence electrons. The SMILES string of the molecule is CC(C)COc1ccc(-c2ccc(NS(=O)(=O)c3ccc(F)cc3)cc2)nn1. The van der Waals surface area contributed by atoms with Crippen LogP contribution in [-0.2, 0) is 10.0 Å². The van der Waals surface area contributed by atoms with Crippen LogP contribution in [0.5, 0.6) is 5.88 Å². The summed E-state index contributed by atoms with van der Waals surface area (Å²) in [7, 11) is -3.79. The van der Waals surface area contributed by atoms with Crippen LogP contribution < -0.4 is 9.46 Å². The molecule has 0 fully saturated rings. The second-order valence-electron chi connectivity index (χ2n) is 6.60. The van der Waals surface area contributed by atoms with Gasteiger partial charge in [-0.2, -0.15) is 0 Å². The predicted molar refractivity (Wildman–Crippen MR) is 105 cm³/mol. The second-order valence-corrected chi connectivity index (χ2v) is 8.28. The maximum atomic E-state index is 13.0. The van der Waals surface area contributed by atoms with E-state index in [4.69, 9.17) is 4.74 Å². The molecule has 0 unspecified atom stereocenters. The van der Waals surface area contributed by atoms with E-state index in [1.165, 1.54) is 12.1 Å². The number of halogens is 1. The summed E-state index contributed by atoms with van der Waals surface area (Å²) in [4.78, 5) is -0.0131. The van der Waals surface area contributed by atoms with Crippen molar-refractivity contribution in [2.45, 2.75) is 18.7 Å². The number of anilines is 1. The number of nitrogens with one attached hydrogen (secondary N) is 1. The van der Waals surface area contributed by atoms with Crippen molar-refractivity contribution < 1.29 is 17.5 Å². The molecule has 0 bridgehead atoms. The van der Waals surface area contributed by atoms with Gasteiger partial charge in [-0.25, -0.2) is 12.8 Å². The highest BCUT2D eigenvalue weighted by atomic mass is 32.2. The van der Waals surface area contributed by atoms with Crippen molar-refractivity contribution in [1.29, 1.82) is 0 Å². The molecule has 0 atom stereocenters. The zero-order valence-electron chi connectivity index (χ0n) is 15.5. The summed E-state index contributed by atoms with van der Waals surface area (Å²) < 4.78 is 45.6. The molecule has 1 heterocycles. The molecule has 0 aliphatic rings. The molecule has 6 nitrogen and oxygen atoms in total. The summed E-state index contributed by atoms with van der Waals surface area (Å²) in [5.74, 6) is 0.360. The third-order valence-corrected chi connectivity index (χ3v) is 5.16. The lowest BCUT2D eigenvalue weighted by atomic mass is 10.1. The van der Waals surface area contributed by atoms with Crippen LogP contribution in [0.15, 0.2) is 65.6 Å². The van der Waals surface area contributed by atoms with E-state index < -0.39 is 15.8 Å². The molecule has 1 N–H and O–H groups in total. The van der Waals surface area contributed by atoms with Gasteiger partial charge in [0.1, 0.15) is 5.82 Å². The van der Waals surface area contributed by atoms with Gasteiger partial charge in [0, 0.05) is 17.3 Å². The fraction of sp³-hybridized carbons (Fsp3) is 0.200. The predicted octanol–water partition coefficient (Wildman–Crippen LogP) is 4.12. The van der Waals surface area contributed by atoms with Crippen LogP contribution in [0.2, 0.25) is 0 Å². The third kappa shape index (κ3) is 5.04. The lowest BCUT2D eigenvalue weighted by Crippen LogP contribution is -2.12. The van der Waals surface area contributed by atoms with Gasteiger partial charge in [-0.15, -0.1) is 10.2 Å². The Morgan fingerprint density at radius 3 is 2.21 bits per heavy atom. The van der Waals surface area contributed by atoms with Crippen molar-refractivity contribution in [3.8, 4) is 17.1 Å². The first-order valence-electron chi connectivity index (χ1n) is 8.69. The van der Waals surface area contributed by atoms with E-state index in [0.29, 0.717) is 29.8 Å². The average molecular weight is 401 g/mol. The number of hydrogen-bond donors (Lipinski definition) is 1. The van der Waals surface area contributed by atoms with Crippen LogP contribution in [0, 0.1) is 11.7 Å². The van der Waals surface area contributed by atoms with E-state index in [-0.39, 0.29) is 4.90 Å².